The lowest BCUT2D eigenvalue weighted by Crippen LogP contribution is -2.17. The van der Waals surface area contributed by atoms with E-state index in [1.165, 1.54) is 25.7 Å². The van der Waals surface area contributed by atoms with Gasteiger partial charge in [-0.1, -0.05) is 47.8 Å². The highest BCUT2D eigenvalue weighted by Crippen LogP contribution is 2.40. The molecule has 0 amide bonds. The molecule has 0 radical (unpaired) electrons. The molecule has 0 unspecified atom stereocenters. The lowest BCUT2D eigenvalue weighted by molar-refractivity contribution is 0.105. The zero-order valence-electron chi connectivity index (χ0n) is 19.7. The van der Waals surface area contributed by atoms with E-state index in [-0.39, 0.29) is 23.0 Å². The molecule has 2 aromatic carbocycles. The summed E-state index contributed by atoms with van der Waals surface area (Å²) in [5.74, 6) is 0.616. The number of rotatable bonds is 9. The molecular formula is C28H30N2O4S. The van der Waals surface area contributed by atoms with Gasteiger partial charge < -0.3 is 10.4 Å². The monoisotopic (exact) mass is 490 g/mol. The van der Waals surface area contributed by atoms with Crippen molar-refractivity contribution >= 4 is 34.8 Å². The number of oxime groups is 2. The van der Waals surface area contributed by atoms with E-state index in [0.29, 0.717) is 42.2 Å². The molecule has 3 aliphatic rings. The highest BCUT2D eigenvalue weighted by molar-refractivity contribution is 7.99. The molecule has 2 aromatic rings. The minimum Gasteiger partial charge on any atom is -0.411 e. The molecule has 0 atom stereocenters. The summed E-state index contributed by atoms with van der Waals surface area (Å²) in [6.07, 6.45) is 9.53. The summed E-state index contributed by atoms with van der Waals surface area (Å²) in [5, 5.41) is 25.5. The largest absolute Gasteiger partial charge is 0.411 e. The molecule has 2 fully saturated rings. The number of hydrogen-bond acceptors (Lipinski definition) is 7. The van der Waals surface area contributed by atoms with Gasteiger partial charge >= 0.3 is 0 Å². The Kier molecular flexibility index (Phi) is 7.04. The van der Waals surface area contributed by atoms with Crippen molar-refractivity contribution in [2.75, 3.05) is 0 Å². The van der Waals surface area contributed by atoms with Gasteiger partial charge in [-0.05, 0) is 97.9 Å². The van der Waals surface area contributed by atoms with Crippen LogP contribution in [0.3, 0.4) is 0 Å². The summed E-state index contributed by atoms with van der Waals surface area (Å²) in [6, 6.07) is 11.3. The Bertz CT molecular complexity index is 1210. The second-order valence-electron chi connectivity index (χ2n) is 10.0. The van der Waals surface area contributed by atoms with E-state index in [4.69, 9.17) is 0 Å². The molecule has 1 heterocycles. The van der Waals surface area contributed by atoms with Gasteiger partial charge in [0.1, 0.15) is 11.4 Å². The molecule has 2 N–H and O–H groups in total. The number of carbonyl (C=O) groups excluding carboxylic acids is 2. The molecule has 0 bridgehead atoms. The van der Waals surface area contributed by atoms with Gasteiger partial charge in [0.05, 0.1) is 0 Å². The Labute approximate surface area is 209 Å². The van der Waals surface area contributed by atoms with Crippen LogP contribution in [0.5, 0.6) is 0 Å². The fourth-order valence-electron chi connectivity index (χ4n) is 5.20. The third kappa shape index (κ3) is 5.35. The van der Waals surface area contributed by atoms with Gasteiger partial charge in [0.25, 0.3) is 0 Å². The zero-order chi connectivity index (χ0) is 24.4. The number of nitrogens with zero attached hydrogens (tertiary/aromatic N) is 2. The first-order valence-electron chi connectivity index (χ1n) is 12.5. The Morgan fingerprint density at radius 2 is 1.37 bits per heavy atom. The van der Waals surface area contributed by atoms with E-state index >= 15 is 0 Å². The van der Waals surface area contributed by atoms with Crippen LogP contribution >= 0.6 is 11.8 Å². The number of fused-ring (bicyclic) bond motifs is 2. The van der Waals surface area contributed by atoms with Crippen LogP contribution in [0.15, 0.2) is 56.5 Å². The maximum atomic E-state index is 13.1. The van der Waals surface area contributed by atoms with Crippen LogP contribution in [0.1, 0.15) is 89.6 Å². The average molecular weight is 491 g/mol. The van der Waals surface area contributed by atoms with Gasteiger partial charge in [-0.2, -0.15) is 0 Å². The maximum Gasteiger partial charge on any atom is 0.210 e. The van der Waals surface area contributed by atoms with Crippen LogP contribution in [0.2, 0.25) is 0 Å². The predicted molar refractivity (Wildman–Crippen MR) is 135 cm³/mol. The van der Waals surface area contributed by atoms with Crippen LogP contribution in [-0.2, 0) is 6.42 Å². The highest BCUT2D eigenvalue weighted by atomic mass is 32.2. The van der Waals surface area contributed by atoms with Gasteiger partial charge in [0, 0.05) is 20.9 Å². The molecule has 6 nitrogen and oxygen atoms in total. The molecular weight excluding hydrogens is 460 g/mol. The summed E-state index contributed by atoms with van der Waals surface area (Å²) in [5.41, 5.74) is 3.52. The zero-order valence-corrected chi connectivity index (χ0v) is 20.5. The van der Waals surface area contributed by atoms with Crippen molar-refractivity contribution in [3.05, 3.63) is 58.7 Å². The molecule has 7 heteroatoms. The Hall–Kier alpha value is -2.93. The number of ketones is 2. The van der Waals surface area contributed by atoms with Gasteiger partial charge in [0.15, 0.2) is 0 Å². The number of benzene rings is 2. The fourth-order valence-corrected chi connectivity index (χ4v) is 6.23. The van der Waals surface area contributed by atoms with Gasteiger partial charge in [-0.25, -0.2) is 0 Å². The summed E-state index contributed by atoms with van der Waals surface area (Å²) < 4.78 is 0. The first-order chi connectivity index (χ1) is 17.1. The topological polar surface area (TPSA) is 99.3 Å². The van der Waals surface area contributed by atoms with Crippen LogP contribution in [0.25, 0.3) is 0 Å². The Morgan fingerprint density at radius 3 is 1.91 bits per heavy atom. The van der Waals surface area contributed by atoms with Crippen LogP contribution in [0.4, 0.5) is 0 Å². The van der Waals surface area contributed by atoms with E-state index in [2.05, 4.69) is 10.3 Å². The van der Waals surface area contributed by atoms with Crippen molar-refractivity contribution in [2.45, 2.75) is 74.0 Å². The van der Waals surface area contributed by atoms with Crippen molar-refractivity contribution in [1.82, 2.24) is 0 Å². The molecule has 182 valence electrons. The second kappa shape index (κ2) is 10.4. The summed E-state index contributed by atoms with van der Waals surface area (Å²) in [4.78, 5) is 28.1. The first-order valence-corrected chi connectivity index (χ1v) is 13.3. The van der Waals surface area contributed by atoms with Crippen LogP contribution < -0.4 is 0 Å². The molecule has 2 saturated carbocycles. The lowest BCUT2D eigenvalue weighted by Gasteiger charge is -2.20. The first kappa shape index (κ1) is 23.8. The van der Waals surface area contributed by atoms with Crippen molar-refractivity contribution < 1.29 is 20.0 Å². The molecule has 2 aliphatic carbocycles. The molecule has 35 heavy (non-hydrogen) atoms. The van der Waals surface area contributed by atoms with Crippen molar-refractivity contribution in [2.24, 2.45) is 22.1 Å². The van der Waals surface area contributed by atoms with E-state index in [1.807, 2.05) is 24.3 Å². The lowest BCUT2D eigenvalue weighted by atomic mass is 9.94. The van der Waals surface area contributed by atoms with Gasteiger partial charge in [-0.3, -0.25) is 9.59 Å². The molecule has 0 saturated heterocycles. The van der Waals surface area contributed by atoms with Gasteiger partial charge in [0.2, 0.25) is 11.6 Å². The molecule has 5 rings (SSSR count). The third-order valence-electron chi connectivity index (χ3n) is 7.45. The molecule has 0 spiro atoms. The van der Waals surface area contributed by atoms with E-state index < -0.39 is 0 Å². The maximum absolute atomic E-state index is 13.1. The summed E-state index contributed by atoms with van der Waals surface area (Å²) >= 11 is 1.62. The van der Waals surface area contributed by atoms with Crippen molar-refractivity contribution in [3.63, 3.8) is 0 Å². The highest BCUT2D eigenvalue weighted by Gasteiger charge is 2.28. The quantitative estimate of drug-likeness (QED) is 0.154. The smallest absolute Gasteiger partial charge is 0.210 e. The Balaban J connectivity index is 1.31. The van der Waals surface area contributed by atoms with Crippen molar-refractivity contribution in [3.8, 4) is 0 Å². The van der Waals surface area contributed by atoms with Crippen LogP contribution in [-0.4, -0.2) is 33.4 Å². The Morgan fingerprint density at radius 1 is 0.800 bits per heavy atom. The SMILES string of the molecule is O=C(/C(CCC1CCCC1)=N/O)c1ccc2c(c1)Cc1cc(C(=O)/C(CC3CC3)=N/O)ccc1S2. The van der Waals surface area contributed by atoms with E-state index in [0.717, 1.165) is 40.2 Å². The van der Waals surface area contributed by atoms with Crippen LogP contribution in [0, 0.1) is 11.8 Å². The fraction of sp³-hybridized carbons (Fsp3) is 0.429. The van der Waals surface area contributed by atoms with Gasteiger partial charge in [-0.15, -0.1) is 0 Å². The second-order valence-corrected chi connectivity index (χ2v) is 11.1. The van der Waals surface area contributed by atoms with E-state index in [9.17, 15) is 20.0 Å². The summed E-state index contributed by atoms with van der Waals surface area (Å²) in [6.45, 7) is 0. The standard InChI is InChI=1S/C28H30N2O4S/c31-27(23(29-33)10-7-17-3-1-2-4-17)19-8-11-25-21(14-19)16-22-15-20(9-12-26(22)35-25)28(32)24(30-34)13-18-5-6-18/h8-9,11-12,14-15,17-18,33-34H,1-7,10,13,16H2/b29-23+,30-24+. The number of hydrogen-bond donors (Lipinski definition) is 2. The molecule has 1 aliphatic heterocycles. The average Bonchev–Trinajstić information content (AvgIpc) is 3.56. The number of carbonyl (C=O) groups is 2. The normalized spacial score (nSPS) is 18.3. The van der Waals surface area contributed by atoms with Crippen molar-refractivity contribution in [1.29, 1.82) is 0 Å². The minimum absolute atomic E-state index is 0.220. The predicted octanol–water partition coefficient (Wildman–Crippen LogP) is 6.54. The minimum atomic E-state index is -0.229. The molecule has 0 aromatic heterocycles. The van der Waals surface area contributed by atoms with E-state index in [1.54, 1.807) is 23.9 Å². The number of Topliss-reactive ketones (excluding diaryl/α,β-unsaturated/α-hetero) is 2. The summed E-state index contributed by atoms with van der Waals surface area (Å²) in [7, 11) is 0. The third-order valence-corrected chi connectivity index (χ3v) is 8.69.